The fourth-order valence-electron chi connectivity index (χ4n) is 2.67. The molecule has 1 heterocycles. The van der Waals surface area contributed by atoms with Crippen molar-refractivity contribution >= 4 is 16.7 Å². The highest BCUT2D eigenvalue weighted by Gasteiger charge is 2.17. The van der Waals surface area contributed by atoms with Crippen LogP contribution in [0.3, 0.4) is 0 Å². The minimum absolute atomic E-state index is 0.200. The van der Waals surface area contributed by atoms with E-state index in [-0.39, 0.29) is 24.0 Å². The van der Waals surface area contributed by atoms with Crippen molar-refractivity contribution in [3.05, 3.63) is 66.1 Å². The molecule has 0 saturated carbocycles. The van der Waals surface area contributed by atoms with Gasteiger partial charge in [-0.15, -0.1) is 0 Å². The third-order valence-electron chi connectivity index (χ3n) is 4.20. The van der Waals surface area contributed by atoms with Gasteiger partial charge in [0.2, 0.25) is 5.91 Å². The van der Waals surface area contributed by atoms with Crippen LogP contribution in [-0.2, 0) is 29.2 Å². The van der Waals surface area contributed by atoms with Crippen LogP contribution in [0.1, 0.15) is 5.56 Å². The van der Waals surface area contributed by atoms with Gasteiger partial charge in [-0.3, -0.25) is 9.00 Å². The van der Waals surface area contributed by atoms with E-state index < -0.39 is 10.8 Å². The summed E-state index contributed by atoms with van der Waals surface area (Å²) < 4.78 is 32.3. The van der Waals surface area contributed by atoms with Crippen molar-refractivity contribution in [2.75, 3.05) is 12.9 Å². The number of ether oxygens (including phenoxy) is 1. The van der Waals surface area contributed by atoms with Crippen LogP contribution in [0.5, 0.6) is 5.75 Å². The molecule has 0 aliphatic heterocycles. The molecule has 1 atom stereocenters. The quantitative estimate of drug-likeness (QED) is 0.661. The standard InChI is InChI=1S/C20H20FN3O3S/c1-24-18(15-5-9-17(27-2)10-6-15)12-23-20(24)28(26)13-19(25)22-11-14-3-7-16(21)8-4-14/h3-10,12H,11,13H2,1-2H3,(H,22,25)/t28-/m0/s1. The van der Waals surface area contributed by atoms with E-state index in [0.717, 1.165) is 22.6 Å². The first-order valence-corrected chi connectivity index (χ1v) is 9.85. The second-order valence-electron chi connectivity index (χ2n) is 6.11. The number of hydrogen-bond acceptors (Lipinski definition) is 4. The van der Waals surface area contributed by atoms with Gasteiger partial charge in [-0.2, -0.15) is 0 Å². The maximum atomic E-state index is 12.9. The van der Waals surface area contributed by atoms with E-state index in [2.05, 4.69) is 10.3 Å². The molecule has 0 radical (unpaired) electrons. The Balaban J connectivity index is 1.63. The summed E-state index contributed by atoms with van der Waals surface area (Å²) in [5.41, 5.74) is 2.46. The zero-order chi connectivity index (χ0) is 20.1. The van der Waals surface area contributed by atoms with Gasteiger partial charge in [0.1, 0.15) is 17.3 Å². The third-order valence-corrected chi connectivity index (χ3v) is 5.51. The smallest absolute Gasteiger partial charge is 0.233 e. The number of methoxy groups -OCH3 is 1. The molecule has 3 rings (SSSR count). The Kier molecular flexibility index (Phi) is 6.20. The van der Waals surface area contributed by atoms with Gasteiger partial charge in [0.05, 0.1) is 29.8 Å². The van der Waals surface area contributed by atoms with Crippen molar-refractivity contribution in [3.63, 3.8) is 0 Å². The molecule has 146 valence electrons. The van der Waals surface area contributed by atoms with Gasteiger partial charge in [-0.25, -0.2) is 9.37 Å². The molecule has 0 fully saturated rings. The summed E-state index contributed by atoms with van der Waals surface area (Å²) in [6, 6.07) is 13.3. The third kappa shape index (κ3) is 4.64. The lowest BCUT2D eigenvalue weighted by molar-refractivity contribution is -0.118. The highest BCUT2D eigenvalue weighted by Crippen LogP contribution is 2.23. The molecule has 2 aromatic carbocycles. The fraction of sp³-hybridized carbons (Fsp3) is 0.200. The number of nitrogens with one attached hydrogen (secondary N) is 1. The molecular weight excluding hydrogens is 381 g/mol. The van der Waals surface area contributed by atoms with Gasteiger partial charge in [0.15, 0.2) is 5.16 Å². The van der Waals surface area contributed by atoms with E-state index >= 15 is 0 Å². The highest BCUT2D eigenvalue weighted by atomic mass is 32.2. The Morgan fingerprint density at radius 2 is 1.86 bits per heavy atom. The Morgan fingerprint density at radius 3 is 2.50 bits per heavy atom. The number of halogens is 1. The van der Waals surface area contributed by atoms with E-state index in [1.807, 2.05) is 24.3 Å². The summed E-state index contributed by atoms with van der Waals surface area (Å²) in [6.45, 7) is 0.244. The molecule has 0 aliphatic carbocycles. The normalized spacial score (nSPS) is 11.8. The summed E-state index contributed by atoms with van der Waals surface area (Å²) in [7, 11) is 1.77. The molecule has 28 heavy (non-hydrogen) atoms. The number of carbonyl (C=O) groups excluding carboxylic acids is 1. The first-order valence-electron chi connectivity index (χ1n) is 8.53. The van der Waals surface area contributed by atoms with Crippen LogP contribution in [0, 0.1) is 5.82 Å². The SMILES string of the molecule is COc1ccc(-c2cnc([S@@](=O)CC(=O)NCc3ccc(F)cc3)n2C)cc1. The summed E-state index contributed by atoms with van der Waals surface area (Å²) in [5, 5.41) is 3.01. The van der Waals surface area contributed by atoms with E-state index in [1.165, 1.54) is 12.1 Å². The van der Waals surface area contributed by atoms with Crippen molar-refractivity contribution in [1.82, 2.24) is 14.9 Å². The molecule has 0 spiro atoms. The van der Waals surface area contributed by atoms with Crippen molar-refractivity contribution < 1.29 is 18.1 Å². The van der Waals surface area contributed by atoms with Gasteiger partial charge >= 0.3 is 0 Å². The Labute approximate surface area is 164 Å². The van der Waals surface area contributed by atoms with Gasteiger partial charge in [0, 0.05) is 19.2 Å². The van der Waals surface area contributed by atoms with Gasteiger partial charge in [-0.05, 0) is 42.0 Å². The zero-order valence-electron chi connectivity index (χ0n) is 15.5. The molecule has 0 unspecified atom stereocenters. The van der Waals surface area contributed by atoms with E-state index in [1.54, 1.807) is 37.1 Å². The van der Waals surface area contributed by atoms with Crippen molar-refractivity contribution in [3.8, 4) is 17.0 Å². The maximum Gasteiger partial charge on any atom is 0.233 e. The second kappa shape index (κ2) is 8.79. The lowest BCUT2D eigenvalue weighted by atomic mass is 10.1. The van der Waals surface area contributed by atoms with Gasteiger partial charge in [-0.1, -0.05) is 12.1 Å². The lowest BCUT2D eigenvalue weighted by Crippen LogP contribution is -2.28. The first kappa shape index (κ1) is 19.8. The second-order valence-corrected chi connectivity index (χ2v) is 7.45. The van der Waals surface area contributed by atoms with E-state index in [4.69, 9.17) is 4.74 Å². The lowest BCUT2D eigenvalue weighted by Gasteiger charge is -2.08. The summed E-state index contributed by atoms with van der Waals surface area (Å²) >= 11 is 0. The number of nitrogens with zero attached hydrogens (tertiary/aromatic N) is 2. The number of rotatable bonds is 7. The molecule has 1 aromatic heterocycles. The van der Waals surface area contributed by atoms with Crippen molar-refractivity contribution in [2.24, 2.45) is 7.05 Å². The molecule has 0 aliphatic rings. The number of carbonyl (C=O) groups is 1. The fourth-order valence-corrected chi connectivity index (χ4v) is 3.72. The number of benzene rings is 2. The minimum atomic E-state index is -1.59. The van der Waals surface area contributed by atoms with Crippen LogP contribution < -0.4 is 10.1 Å². The van der Waals surface area contributed by atoms with Crippen molar-refractivity contribution in [1.29, 1.82) is 0 Å². The Hall–Kier alpha value is -3.00. The van der Waals surface area contributed by atoms with Crippen LogP contribution in [0.2, 0.25) is 0 Å². The van der Waals surface area contributed by atoms with Crippen LogP contribution >= 0.6 is 0 Å². The van der Waals surface area contributed by atoms with Gasteiger partial charge in [0.25, 0.3) is 0 Å². The predicted octanol–water partition coefficient (Wildman–Crippen LogP) is 2.66. The van der Waals surface area contributed by atoms with Crippen LogP contribution in [-0.4, -0.2) is 32.5 Å². The molecule has 0 bridgehead atoms. The molecule has 1 N–H and O–H groups in total. The van der Waals surface area contributed by atoms with Crippen LogP contribution in [0.15, 0.2) is 59.9 Å². The summed E-state index contributed by atoms with van der Waals surface area (Å²) in [4.78, 5) is 16.3. The molecule has 1 amide bonds. The molecular formula is C20H20FN3O3S. The summed E-state index contributed by atoms with van der Waals surface area (Å²) in [5.74, 6) is -0.156. The predicted molar refractivity (Wildman–Crippen MR) is 105 cm³/mol. The number of amides is 1. The highest BCUT2D eigenvalue weighted by molar-refractivity contribution is 7.85. The summed E-state index contributed by atoms with van der Waals surface area (Å²) in [6.07, 6.45) is 1.63. The topological polar surface area (TPSA) is 73.2 Å². The number of aromatic nitrogens is 2. The minimum Gasteiger partial charge on any atom is -0.497 e. The average molecular weight is 401 g/mol. The first-order chi connectivity index (χ1) is 13.5. The van der Waals surface area contributed by atoms with Crippen LogP contribution in [0.25, 0.3) is 11.3 Å². The van der Waals surface area contributed by atoms with Crippen molar-refractivity contribution in [2.45, 2.75) is 11.7 Å². The van der Waals surface area contributed by atoms with Gasteiger partial charge < -0.3 is 14.6 Å². The molecule has 0 saturated heterocycles. The molecule has 6 nitrogen and oxygen atoms in total. The average Bonchev–Trinajstić information content (AvgIpc) is 3.09. The van der Waals surface area contributed by atoms with E-state index in [9.17, 15) is 13.4 Å². The molecule has 8 heteroatoms. The largest absolute Gasteiger partial charge is 0.497 e. The Bertz CT molecular complexity index is 985. The number of imidazole rings is 1. The monoisotopic (exact) mass is 401 g/mol. The number of hydrogen-bond donors (Lipinski definition) is 1. The van der Waals surface area contributed by atoms with E-state index in [0.29, 0.717) is 5.16 Å². The molecule has 3 aromatic rings. The Morgan fingerprint density at radius 1 is 1.18 bits per heavy atom. The zero-order valence-corrected chi connectivity index (χ0v) is 16.3. The maximum absolute atomic E-state index is 12.9. The van der Waals surface area contributed by atoms with Crippen LogP contribution in [0.4, 0.5) is 4.39 Å².